The van der Waals surface area contributed by atoms with E-state index in [1.165, 1.54) is 6.92 Å². The SMILES string of the molecule is C=C(C)C(C(=O)O)C1(O)[C@@H]2OC(C)(C)O[C@@H]2CO[C@]12COC(C)(C)O2. The molecule has 25 heavy (non-hydrogen) atoms. The standard InChI is InChI=1S/C17H26O8/c1-9(2)11(13(18)19)17(20)12-10(23-15(5,6)24-12)7-21-16(17)8-22-14(3,4)25-16/h10-12,20H,1,7-8H2,2-6H3,(H,18,19)/t10-,11?,12-,16+,17?/m1/s1. The normalized spacial score (nSPS) is 43.0. The van der Waals surface area contributed by atoms with Crippen LogP contribution in [0.1, 0.15) is 34.6 Å². The molecule has 0 aromatic carbocycles. The molecule has 5 atom stereocenters. The van der Waals surface area contributed by atoms with E-state index in [-0.39, 0.29) is 18.8 Å². The number of rotatable bonds is 3. The van der Waals surface area contributed by atoms with Crippen molar-refractivity contribution in [2.24, 2.45) is 5.92 Å². The highest BCUT2D eigenvalue weighted by Crippen LogP contribution is 2.53. The molecule has 3 saturated heterocycles. The average molecular weight is 358 g/mol. The van der Waals surface area contributed by atoms with Gasteiger partial charge in [-0.3, -0.25) is 4.79 Å². The number of carbonyl (C=O) groups is 1. The molecular formula is C17H26O8. The summed E-state index contributed by atoms with van der Waals surface area (Å²) < 4.78 is 29.1. The number of ether oxygens (including phenoxy) is 5. The number of carboxylic acids is 1. The zero-order valence-corrected chi connectivity index (χ0v) is 15.2. The second kappa shape index (κ2) is 5.48. The first-order valence-electron chi connectivity index (χ1n) is 8.28. The third-order valence-electron chi connectivity index (χ3n) is 4.91. The maximum atomic E-state index is 12.0. The van der Waals surface area contributed by atoms with Gasteiger partial charge in [0.25, 0.3) is 0 Å². The Morgan fingerprint density at radius 1 is 1.16 bits per heavy atom. The smallest absolute Gasteiger partial charge is 0.313 e. The van der Waals surface area contributed by atoms with Crippen LogP contribution in [0, 0.1) is 5.92 Å². The Hall–Kier alpha value is -1.03. The van der Waals surface area contributed by atoms with Crippen LogP contribution in [0.25, 0.3) is 0 Å². The van der Waals surface area contributed by atoms with E-state index >= 15 is 0 Å². The van der Waals surface area contributed by atoms with Crippen molar-refractivity contribution in [2.45, 2.75) is 69.8 Å². The topological polar surface area (TPSA) is 104 Å². The Kier molecular flexibility index (Phi) is 4.11. The number of fused-ring (bicyclic) bond motifs is 1. The third-order valence-corrected chi connectivity index (χ3v) is 4.91. The number of carboxylic acid groups (broad SMARTS) is 1. The highest BCUT2D eigenvalue weighted by Gasteiger charge is 2.74. The molecule has 0 radical (unpaired) electrons. The second-order valence-corrected chi connectivity index (χ2v) is 7.89. The second-order valence-electron chi connectivity index (χ2n) is 7.89. The van der Waals surface area contributed by atoms with E-state index in [1.54, 1.807) is 27.7 Å². The fraction of sp³-hybridized carbons (Fsp3) is 0.824. The van der Waals surface area contributed by atoms with Gasteiger partial charge in [0.05, 0.1) is 6.61 Å². The maximum absolute atomic E-state index is 12.0. The molecule has 0 aromatic rings. The van der Waals surface area contributed by atoms with Crippen LogP contribution in [-0.4, -0.2) is 64.6 Å². The molecule has 3 aliphatic rings. The lowest BCUT2D eigenvalue weighted by Gasteiger charge is -2.52. The highest BCUT2D eigenvalue weighted by atomic mass is 16.9. The molecule has 0 bridgehead atoms. The Morgan fingerprint density at radius 2 is 1.80 bits per heavy atom. The van der Waals surface area contributed by atoms with E-state index < -0.39 is 47.1 Å². The van der Waals surface area contributed by atoms with Gasteiger partial charge in [0.2, 0.25) is 5.79 Å². The van der Waals surface area contributed by atoms with Gasteiger partial charge >= 0.3 is 5.97 Å². The Labute approximate surface area is 146 Å². The monoisotopic (exact) mass is 358 g/mol. The molecule has 2 N–H and O–H groups in total. The van der Waals surface area contributed by atoms with Crippen molar-refractivity contribution >= 4 is 5.97 Å². The highest BCUT2D eigenvalue weighted by molar-refractivity contribution is 5.75. The van der Waals surface area contributed by atoms with Gasteiger partial charge < -0.3 is 33.9 Å². The molecule has 1 spiro atoms. The van der Waals surface area contributed by atoms with Gasteiger partial charge in [-0.25, -0.2) is 0 Å². The summed E-state index contributed by atoms with van der Waals surface area (Å²) in [6.07, 6.45) is -1.62. The number of hydrogen-bond donors (Lipinski definition) is 2. The summed E-state index contributed by atoms with van der Waals surface area (Å²) in [7, 11) is 0. The minimum atomic E-state index is -2.09. The van der Waals surface area contributed by atoms with Gasteiger partial charge in [0, 0.05) is 0 Å². The number of aliphatic carboxylic acids is 1. The van der Waals surface area contributed by atoms with Gasteiger partial charge in [0.15, 0.2) is 17.2 Å². The van der Waals surface area contributed by atoms with Crippen LogP contribution in [0.2, 0.25) is 0 Å². The van der Waals surface area contributed by atoms with Crippen molar-refractivity contribution in [2.75, 3.05) is 13.2 Å². The molecule has 8 heteroatoms. The van der Waals surface area contributed by atoms with Crippen LogP contribution in [0.3, 0.4) is 0 Å². The van der Waals surface area contributed by atoms with Gasteiger partial charge in [-0.15, -0.1) is 0 Å². The summed E-state index contributed by atoms with van der Waals surface area (Å²) >= 11 is 0. The van der Waals surface area contributed by atoms with Gasteiger partial charge in [-0.2, -0.15) is 0 Å². The van der Waals surface area contributed by atoms with Crippen molar-refractivity contribution < 1.29 is 38.7 Å². The summed E-state index contributed by atoms with van der Waals surface area (Å²) in [5.74, 6) is -6.39. The molecule has 0 aromatic heterocycles. The first-order valence-corrected chi connectivity index (χ1v) is 8.28. The van der Waals surface area contributed by atoms with E-state index in [2.05, 4.69) is 6.58 Å². The minimum absolute atomic E-state index is 0.0817. The minimum Gasteiger partial charge on any atom is -0.481 e. The number of hydrogen-bond acceptors (Lipinski definition) is 7. The Morgan fingerprint density at radius 3 is 2.28 bits per heavy atom. The van der Waals surface area contributed by atoms with E-state index in [1.807, 2.05) is 0 Å². The summed E-state index contributed by atoms with van der Waals surface area (Å²) in [5.41, 5.74) is -1.84. The fourth-order valence-corrected chi connectivity index (χ4v) is 4.03. The summed E-state index contributed by atoms with van der Waals surface area (Å²) in [6, 6.07) is 0. The molecule has 3 rings (SSSR count). The third kappa shape index (κ3) is 2.72. The molecule has 0 saturated carbocycles. The van der Waals surface area contributed by atoms with Gasteiger partial charge in [-0.1, -0.05) is 12.2 Å². The summed E-state index contributed by atoms with van der Waals surface area (Å²) in [4.78, 5) is 12.0. The van der Waals surface area contributed by atoms with Crippen molar-refractivity contribution in [3.63, 3.8) is 0 Å². The van der Waals surface area contributed by atoms with E-state index in [0.717, 1.165) is 0 Å². The lowest BCUT2D eigenvalue weighted by atomic mass is 9.70. The van der Waals surface area contributed by atoms with Crippen LogP contribution < -0.4 is 0 Å². The van der Waals surface area contributed by atoms with E-state index in [9.17, 15) is 15.0 Å². The van der Waals surface area contributed by atoms with Crippen LogP contribution in [0.4, 0.5) is 0 Å². The maximum Gasteiger partial charge on any atom is 0.313 e. The predicted octanol–water partition coefficient (Wildman–Crippen LogP) is 1.02. The largest absolute Gasteiger partial charge is 0.481 e. The molecule has 2 unspecified atom stereocenters. The number of aliphatic hydroxyl groups is 1. The zero-order valence-electron chi connectivity index (χ0n) is 15.2. The van der Waals surface area contributed by atoms with E-state index in [0.29, 0.717) is 0 Å². The quantitative estimate of drug-likeness (QED) is 0.721. The molecule has 0 amide bonds. The van der Waals surface area contributed by atoms with Crippen molar-refractivity contribution in [1.29, 1.82) is 0 Å². The van der Waals surface area contributed by atoms with E-state index in [4.69, 9.17) is 23.7 Å². The van der Waals surface area contributed by atoms with Gasteiger partial charge in [-0.05, 0) is 34.6 Å². The summed E-state index contributed by atoms with van der Waals surface area (Å²) in [6.45, 7) is 12.0. The first-order chi connectivity index (χ1) is 11.3. The predicted molar refractivity (Wildman–Crippen MR) is 84.5 cm³/mol. The Balaban J connectivity index is 2.14. The fourth-order valence-electron chi connectivity index (χ4n) is 4.03. The Bertz CT molecular complexity index is 583. The van der Waals surface area contributed by atoms with Crippen LogP contribution in [-0.2, 0) is 28.5 Å². The van der Waals surface area contributed by atoms with Crippen molar-refractivity contribution in [1.82, 2.24) is 0 Å². The summed E-state index contributed by atoms with van der Waals surface area (Å²) in [5, 5.41) is 21.6. The molecule has 0 aliphatic carbocycles. The lowest BCUT2D eigenvalue weighted by molar-refractivity contribution is -0.374. The van der Waals surface area contributed by atoms with Gasteiger partial charge in [0.1, 0.15) is 24.7 Å². The average Bonchev–Trinajstić information content (AvgIpc) is 2.92. The first kappa shape index (κ1) is 18.8. The zero-order chi connectivity index (χ0) is 18.8. The van der Waals surface area contributed by atoms with Crippen LogP contribution in [0.15, 0.2) is 12.2 Å². The molecule has 3 fully saturated rings. The molecule has 142 valence electrons. The molecular weight excluding hydrogens is 332 g/mol. The molecule has 3 heterocycles. The van der Waals surface area contributed by atoms with Crippen molar-refractivity contribution in [3.8, 4) is 0 Å². The van der Waals surface area contributed by atoms with Crippen LogP contribution in [0.5, 0.6) is 0 Å². The van der Waals surface area contributed by atoms with Crippen LogP contribution >= 0.6 is 0 Å². The lowest BCUT2D eigenvalue weighted by Crippen LogP contribution is -2.74. The molecule has 3 aliphatic heterocycles. The van der Waals surface area contributed by atoms with Crippen molar-refractivity contribution in [3.05, 3.63) is 12.2 Å². The molecule has 8 nitrogen and oxygen atoms in total.